The predicted octanol–water partition coefficient (Wildman–Crippen LogP) is -0.527. The number of piperazine rings is 1. The number of halogens is 2. The molecule has 0 aromatic heterocycles. The van der Waals surface area contributed by atoms with E-state index in [9.17, 15) is 9.90 Å². The second kappa shape index (κ2) is 14.1. The smallest absolute Gasteiger partial charge is 0.220 e. The van der Waals surface area contributed by atoms with Gasteiger partial charge in [0.05, 0.1) is 33.8 Å². The van der Waals surface area contributed by atoms with Gasteiger partial charge in [0.15, 0.2) is 0 Å². The summed E-state index contributed by atoms with van der Waals surface area (Å²) in [5.41, 5.74) is 0.934. The molecule has 240 valence electrons. The zero-order valence-corrected chi connectivity index (χ0v) is 31.6. The Morgan fingerprint density at radius 2 is 1.56 bits per heavy atom. The molecular formula is C34H63I2N3O2. The van der Waals surface area contributed by atoms with Crippen molar-refractivity contribution in [1.82, 2.24) is 5.32 Å². The summed E-state index contributed by atoms with van der Waals surface area (Å²) in [5.74, 6) is 5.09. The zero-order valence-electron chi connectivity index (χ0n) is 27.3. The van der Waals surface area contributed by atoms with Crippen molar-refractivity contribution in [3.8, 4) is 0 Å². The molecule has 0 radical (unpaired) electrons. The Labute approximate surface area is 286 Å². The van der Waals surface area contributed by atoms with Crippen LogP contribution in [0, 0.1) is 46.3 Å². The number of aliphatic hydroxyl groups excluding tert-OH is 1. The number of nitrogens with one attached hydrogen (secondary N) is 1. The Morgan fingerprint density at radius 3 is 2.27 bits per heavy atom. The molecule has 41 heavy (non-hydrogen) atoms. The summed E-state index contributed by atoms with van der Waals surface area (Å²) < 4.78 is 2.31. The maximum atomic E-state index is 12.8. The molecule has 7 heteroatoms. The zero-order chi connectivity index (χ0) is 28.1. The van der Waals surface area contributed by atoms with Crippen LogP contribution in [0.2, 0.25) is 0 Å². The van der Waals surface area contributed by atoms with E-state index < -0.39 is 0 Å². The van der Waals surface area contributed by atoms with Gasteiger partial charge in [-0.15, -0.1) is 0 Å². The van der Waals surface area contributed by atoms with Crippen LogP contribution in [0.4, 0.5) is 0 Å². The maximum Gasteiger partial charge on any atom is 0.220 e. The first-order chi connectivity index (χ1) is 18.4. The molecule has 0 aromatic carbocycles. The van der Waals surface area contributed by atoms with Gasteiger partial charge >= 0.3 is 0 Å². The monoisotopic (exact) mass is 799 g/mol. The molecule has 5 nitrogen and oxygen atoms in total. The van der Waals surface area contributed by atoms with E-state index in [4.69, 9.17) is 0 Å². The van der Waals surface area contributed by atoms with Crippen LogP contribution in [0.15, 0.2) is 0 Å². The molecule has 2 N–H and O–H groups in total. The van der Waals surface area contributed by atoms with Crippen LogP contribution >= 0.6 is 0 Å². The molecule has 1 heterocycles. The summed E-state index contributed by atoms with van der Waals surface area (Å²) in [4.78, 5) is 12.8. The molecule has 1 saturated heterocycles. The molecule has 0 bridgehead atoms. The number of hydrogen-bond donors (Lipinski definition) is 2. The number of fused-ring (bicyclic) bond motifs is 5. The van der Waals surface area contributed by atoms with Gasteiger partial charge in [0.2, 0.25) is 5.91 Å². The number of carbonyl (C=O) groups is 1. The third-order valence-electron chi connectivity index (χ3n) is 13.9. The average Bonchev–Trinajstić information content (AvgIpc) is 3.25. The van der Waals surface area contributed by atoms with Gasteiger partial charge in [-0.2, -0.15) is 0 Å². The fourth-order valence-corrected chi connectivity index (χ4v) is 11.0. The van der Waals surface area contributed by atoms with Crippen molar-refractivity contribution in [1.29, 1.82) is 0 Å². The van der Waals surface area contributed by atoms with Crippen molar-refractivity contribution >= 4 is 5.91 Å². The van der Waals surface area contributed by atoms with Gasteiger partial charge in [-0.1, -0.05) is 20.8 Å². The van der Waals surface area contributed by atoms with E-state index in [2.05, 4.69) is 47.2 Å². The Balaban J connectivity index is 0.00000231. The van der Waals surface area contributed by atoms with Crippen molar-refractivity contribution in [3.05, 3.63) is 0 Å². The summed E-state index contributed by atoms with van der Waals surface area (Å²) in [6.07, 6.45) is 14.4. The van der Waals surface area contributed by atoms with Crippen LogP contribution in [-0.2, 0) is 4.79 Å². The minimum absolute atomic E-state index is 0. The van der Waals surface area contributed by atoms with E-state index in [1.807, 2.05) is 0 Å². The van der Waals surface area contributed by atoms with Gasteiger partial charge in [-0.25, -0.2) is 0 Å². The SMILES string of the molecule is C[C@H](CCC(=O)NCCC[N+]1(C)CC[N+](C)(C)CC1)[C@H]1CC[C@H]2[C@@H]3CC[C@@H]4C[C@H](O)CC[C@]4(C)[C@H]3CC[C@]12C.[I-].[I-]. The molecule has 0 unspecified atom stereocenters. The Bertz CT molecular complexity index is 876. The first kappa shape index (κ1) is 36.3. The van der Waals surface area contributed by atoms with Gasteiger partial charge in [-0.05, 0) is 111 Å². The van der Waals surface area contributed by atoms with E-state index in [1.165, 1.54) is 82.2 Å². The number of likely N-dealkylation sites (N-methyl/N-ethyl adjacent to an activating group) is 2. The number of nitrogens with zero attached hydrogens (tertiary/aromatic N) is 2. The van der Waals surface area contributed by atoms with Crippen LogP contribution in [0.3, 0.4) is 0 Å². The van der Waals surface area contributed by atoms with E-state index in [0.29, 0.717) is 23.2 Å². The highest BCUT2D eigenvalue weighted by Crippen LogP contribution is 2.68. The molecule has 9 atom stereocenters. The van der Waals surface area contributed by atoms with Crippen LogP contribution in [0.1, 0.15) is 97.8 Å². The van der Waals surface area contributed by atoms with Crippen molar-refractivity contribution in [2.75, 3.05) is 60.4 Å². The topological polar surface area (TPSA) is 49.3 Å². The summed E-state index contributed by atoms with van der Waals surface area (Å²) in [6, 6.07) is 0. The molecule has 5 fully saturated rings. The number of aliphatic hydroxyl groups is 1. The largest absolute Gasteiger partial charge is 1.00 e. The van der Waals surface area contributed by atoms with Crippen molar-refractivity contribution in [2.45, 2.75) is 104 Å². The minimum Gasteiger partial charge on any atom is -1.00 e. The lowest BCUT2D eigenvalue weighted by molar-refractivity contribution is -1.01. The molecule has 5 aliphatic rings. The minimum atomic E-state index is -0.0474. The lowest BCUT2D eigenvalue weighted by Gasteiger charge is -2.61. The van der Waals surface area contributed by atoms with Crippen LogP contribution < -0.4 is 53.3 Å². The van der Waals surface area contributed by atoms with Crippen LogP contribution in [0.25, 0.3) is 0 Å². The Hall–Kier alpha value is 0.810. The average molecular weight is 800 g/mol. The van der Waals surface area contributed by atoms with Crippen molar-refractivity contribution in [2.24, 2.45) is 46.3 Å². The van der Waals surface area contributed by atoms with Crippen LogP contribution in [-0.4, -0.2) is 86.5 Å². The Kier molecular flexibility index (Phi) is 12.4. The van der Waals surface area contributed by atoms with E-state index in [1.54, 1.807) is 0 Å². The highest BCUT2D eigenvalue weighted by atomic mass is 127. The molecule has 1 aliphatic heterocycles. The van der Waals surface area contributed by atoms with Crippen molar-refractivity contribution in [3.63, 3.8) is 0 Å². The van der Waals surface area contributed by atoms with Gasteiger partial charge in [0.1, 0.15) is 26.2 Å². The standard InChI is InChI=1S/C34H62N3O2.2HI/c1-25(8-13-32(39)35-18-7-19-37(6)22-20-36(4,5)21-23-37)29-11-12-30-28-10-9-26-24-27(38)14-16-33(26,2)31(28)15-17-34(29,30)3;;/h25-31,38H,7-24H2,1-6H3;2*1H/q+1;;/p-1/t25-,26-,27-,28+,29-,30+,31+,33+,34-;;/m1../s1. The van der Waals surface area contributed by atoms with Crippen LogP contribution in [0.5, 0.6) is 0 Å². The Morgan fingerprint density at radius 1 is 0.902 bits per heavy atom. The molecular weight excluding hydrogens is 736 g/mol. The molecule has 1 amide bonds. The number of hydrogen-bond acceptors (Lipinski definition) is 2. The van der Waals surface area contributed by atoms with E-state index in [-0.39, 0.29) is 60.0 Å². The molecule has 0 aromatic rings. The third kappa shape index (κ3) is 7.62. The summed E-state index contributed by atoms with van der Waals surface area (Å²) in [6.45, 7) is 14.7. The second-order valence-electron chi connectivity index (χ2n) is 16.7. The number of carbonyl (C=O) groups excluding carboxylic acids is 1. The summed E-state index contributed by atoms with van der Waals surface area (Å²) in [7, 11) is 7.09. The maximum absolute atomic E-state index is 12.8. The molecule has 4 aliphatic carbocycles. The predicted molar refractivity (Wildman–Crippen MR) is 160 cm³/mol. The number of amides is 1. The highest BCUT2D eigenvalue weighted by Gasteiger charge is 2.60. The number of quaternary nitrogens is 2. The van der Waals surface area contributed by atoms with E-state index in [0.717, 1.165) is 66.3 Å². The lowest BCUT2D eigenvalue weighted by Crippen LogP contribution is -3.00. The lowest BCUT2D eigenvalue weighted by atomic mass is 9.44. The second-order valence-corrected chi connectivity index (χ2v) is 16.7. The van der Waals surface area contributed by atoms with Gasteiger partial charge < -0.3 is 67.3 Å². The third-order valence-corrected chi connectivity index (χ3v) is 13.9. The molecule has 5 rings (SSSR count). The number of rotatable bonds is 8. The van der Waals surface area contributed by atoms with Gasteiger partial charge in [0.25, 0.3) is 0 Å². The first-order valence-corrected chi connectivity index (χ1v) is 17.0. The van der Waals surface area contributed by atoms with Crippen molar-refractivity contribution < 1.29 is 66.8 Å². The van der Waals surface area contributed by atoms with E-state index >= 15 is 0 Å². The molecule has 0 spiro atoms. The van der Waals surface area contributed by atoms with Gasteiger partial charge in [-0.3, -0.25) is 4.79 Å². The quantitative estimate of drug-likeness (QED) is 0.198. The normalized spacial score (nSPS) is 41.4. The van der Waals surface area contributed by atoms with Gasteiger partial charge in [0, 0.05) is 19.4 Å². The first-order valence-electron chi connectivity index (χ1n) is 17.0. The summed E-state index contributed by atoms with van der Waals surface area (Å²) >= 11 is 0. The fourth-order valence-electron chi connectivity index (χ4n) is 11.0. The highest BCUT2D eigenvalue weighted by molar-refractivity contribution is 5.75. The summed E-state index contributed by atoms with van der Waals surface area (Å²) in [5, 5.41) is 13.6. The fraction of sp³-hybridized carbons (Fsp3) is 0.971. The molecule has 4 saturated carbocycles.